The van der Waals surface area contributed by atoms with Crippen molar-refractivity contribution in [2.24, 2.45) is 5.41 Å². The van der Waals surface area contributed by atoms with Crippen LogP contribution in [-0.2, 0) is 0 Å². The summed E-state index contributed by atoms with van der Waals surface area (Å²) in [5.41, 5.74) is 3.12. The van der Waals surface area contributed by atoms with Crippen LogP contribution < -0.4 is 0 Å². The minimum Gasteiger partial charge on any atom is -0.0698 e. The lowest BCUT2D eigenvalue weighted by molar-refractivity contribution is 0.591. The molecule has 0 amide bonds. The van der Waals surface area contributed by atoms with Gasteiger partial charge in [0, 0.05) is 5.41 Å². The highest BCUT2D eigenvalue weighted by Crippen LogP contribution is 2.46. The molecule has 3 aliphatic rings. The summed E-state index contributed by atoms with van der Waals surface area (Å²) in [7, 11) is 0. The normalized spacial score (nSPS) is 34.7. The first kappa shape index (κ1) is 6.24. The van der Waals surface area contributed by atoms with Crippen LogP contribution in [-0.4, -0.2) is 0 Å². The minimum atomic E-state index is 0.235. The molecule has 1 spiro atoms. The van der Waals surface area contributed by atoms with Crippen LogP contribution in [0.25, 0.3) is 0 Å². The van der Waals surface area contributed by atoms with Crippen molar-refractivity contribution < 1.29 is 0 Å². The van der Waals surface area contributed by atoms with Crippen molar-refractivity contribution in [3.63, 3.8) is 0 Å². The van der Waals surface area contributed by atoms with E-state index in [0.29, 0.717) is 0 Å². The highest BCUT2D eigenvalue weighted by atomic mass is 14.4. The van der Waals surface area contributed by atoms with Gasteiger partial charge >= 0.3 is 0 Å². The molecule has 3 aliphatic carbocycles. The summed E-state index contributed by atoms with van der Waals surface area (Å²) in [5, 5.41) is 0. The highest BCUT2D eigenvalue weighted by molar-refractivity contribution is 5.54. The van der Waals surface area contributed by atoms with E-state index in [0.717, 1.165) is 6.42 Å². The van der Waals surface area contributed by atoms with Gasteiger partial charge in [-0.3, -0.25) is 0 Å². The van der Waals surface area contributed by atoms with Gasteiger partial charge in [0.1, 0.15) is 0 Å². The predicted molar refractivity (Wildman–Crippen MR) is 50.6 cm³/mol. The molecule has 58 valence electrons. The van der Waals surface area contributed by atoms with Crippen LogP contribution in [0.1, 0.15) is 6.42 Å². The second-order valence-electron chi connectivity index (χ2n) is 3.63. The maximum Gasteiger partial charge on any atom is 0.0358 e. The van der Waals surface area contributed by atoms with Gasteiger partial charge in [-0.15, -0.1) is 0 Å². The molecule has 0 saturated carbocycles. The Morgan fingerprint density at radius 1 is 1.00 bits per heavy atom. The van der Waals surface area contributed by atoms with Crippen LogP contribution in [0.3, 0.4) is 0 Å². The van der Waals surface area contributed by atoms with E-state index in [9.17, 15) is 0 Å². The van der Waals surface area contributed by atoms with E-state index in [1.165, 1.54) is 11.1 Å². The van der Waals surface area contributed by atoms with E-state index >= 15 is 0 Å². The van der Waals surface area contributed by atoms with E-state index in [4.69, 9.17) is 0 Å². The van der Waals surface area contributed by atoms with Gasteiger partial charge in [0.15, 0.2) is 0 Å². The molecule has 1 atom stereocenters. The third-order valence-electron chi connectivity index (χ3n) is 2.88. The summed E-state index contributed by atoms with van der Waals surface area (Å²) in [4.78, 5) is 0. The van der Waals surface area contributed by atoms with E-state index in [1.807, 2.05) is 0 Å². The first-order chi connectivity index (χ1) is 5.89. The van der Waals surface area contributed by atoms with Crippen molar-refractivity contribution in [3.8, 4) is 0 Å². The molecule has 0 aromatic carbocycles. The maximum absolute atomic E-state index is 2.30. The van der Waals surface area contributed by atoms with Crippen LogP contribution >= 0.6 is 0 Å². The standard InChI is InChI=1S/C12H10/c1-3-10-5-6-11-4-2-8-12(11,7-1)9-10/h1-8H,9H2. The van der Waals surface area contributed by atoms with Crippen molar-refractivity contribution in [2.75, 3.05) is 0 Å². The first-order valence-corrected chi connectivity index (χ1v) is 4.36. The molecule has 12 heavy (non-hydrogen) atoms. The molecule has 2 bridgehead atoms. The van der Waals surface area contributed by atoms with E-state index in [-0.39, 0.29) is 5.41 Å². The van der Waals surface area contributed by atoms with Crippen molar-refractivity contribution in [1.82, 2.24) is 0 Å². The van der Waals surface area contributed by atoms with Crippen molar-refractivity contribution in [2.45, 2.75) is 6.42 Å². The number of fused-ring (bicyclic) bond motifs is 1. The molecule has 0 radical (unpaired) electrons. The van der Waals surface area contributed by atoms with Gasteiger partial charge in [-0.1, -0.05) is 48.6 Å². The fourth-order valence-corrected chi connectivity index (χ4v) is 2.21. The Morgan fingerprint density at radius 2 is 1.83 bits per heavy atom. The molecule has 3 rings (SSSR count). The Labute approximate surface area is 72.3 Å². The third kappa shape index (κ3) is 0.626. The first-order valence-electron chi connectivity index (χ1n) is 4.36. The molecular formula is C12H10. The summed E-state index contributed by atoms with van der Waals surface area (Å²) in [5.74, 6) is 0. The van der Waals surface area contributed by atoms with Crippen LogP contribution in [0.4, 0.5) is 0 Å². The lowest BCUT2D eigenvalue weighted by Gasteiger charge is -2.32. The van der Waals surface area contributed by atoms with Gasteiger partial charge in [-0.2, -0.15) is 0 Å². The molecule has 0 aromatic heterocycles. The Balaban J connectivity index is 2.26. The Hall–Kier alpha value is -1.30. The van der Waals surface area contributed by atoms with E-state index in [1.54, 1.807) is 0 Å². The summed E-state index contributed by atoms with van der Waals surface area (Å²) in [6.45, 7) is 0. The van der Waals surface area contributed by atoms with Crippen molar-refractivity contribution in [3.05, 3.63) is 59.8 Å². The molecule has 0 aliphatic heterocycles. The van der Waals surface area contributed by atoms with Crippen LogP contribution in [0.5, 0.6) is 0 Å². The molecule has 0 heteroatoms. The number of rotatable bonds is 0. The van der Waals surface area contributed by atoms with Crippen LogP contribution in [0, 0.1) is 5.41 Å². The highest BCUT2D eigenvalue weighted by Gasteiger charge is 2.33. The zero-order valence-electron chi connectivity index (χ0n) is 6.83. The summed E-state index contributed by atoms with van der Waals surface area (Å²) in [6.07, 6.45) is 19.0. The molecule has 1 unspecified atom stereocenters. The van der Waals surface area contributed by atoms with Gasteiger partial charge < -0.3 is 0 Å². The third-order valence-corrected chi connectivity index (χ3v) is 2.88. The van der Waals surface area contributed by atoms with Crippen molar-refractivity contribution in [1.29, 1.82) is 0 Å². The lowest BCUT2D eigenvalue weighted by atomic mass is 9.71. The average molecular weight is 154 g/mol. The number of hydrogen-bond acceptors (Lipinski definition) is 0. The van der Waals surface area contributed by atoms with E-state index < -0.39 is 0 Å². The Bertz CT molecular complexity index is 375. The molecule has 0 heterocycles. The topological polar surface area (TPSA) is 0 Å². The minimum absolute atomic E-state index is 0.235. The number of hydrogen-bond donors (Lipinski definition) is 0. The van der Waals surface area contributed by atoms with Crippen LogP contribution in [0.2, 0.25) is 0 Å². The van der Waals surface area contributed by atoms with Gasteiger partial charge in [0.25, 0.3) is 0 Å². The zero-order valence-corrected chi connectivity index (χ0v) is 6.83. The van der Waals surface area contributed by atoms with Gasteiger partial charge in [0.05, 0.1) is 0 Å². The SMILES string of the molecule is C1=CC23C=CC=C2C=CC(=C1)C3. The number of allylic oxidation sites excluding steroid dienone is 10. The average Bonchev–Trinajstić information content (AvgIpc) is 2.46. The molecule has 0 fully saturated rings. The Morgan fingerprint density at radius 3 is 2.75 bits per heavy atom. The van der Waals surface area contributed by atoms with Crippen molar-refractivity contribution >= 4 is 0 Å². The fraction of sp³-hybridized carbons (Fsp3) is 0.167. The lowest BCUT2D eigenvalue weighted by Crippen LogP contribution is -2.20. The monoisotopic (exact) mass is 154 g/mol. The summed E-state index contributed by atoms with van der Waals surface area (Å²) in [6, 6.07) is 0. The second kappa shape index (κ2) is 1.89. The summed E-state index contributed by atoms with van der Waals surface area (Å²) < 4.78 is 0. The fourth-order valence-electron chi connectivity index (χ4n) is 2.21. The predicted octanol–water partition coefficient (Wildman–Crippen LogP) is 2.93. The van der Waals surface area contributed by atoms with Crippen LogP contribution in [0.15, 0.2) is 59.8 Å². The summed E-state index contributed by atoms with van der Waals surface area (Å²) >= 11 is 0. The quantitative estimate of drug-likeness (QED) is 0.503. The molecule has 0 saturated heterocycles. The smallest absolute Gasteiger partial charge is 0.0358 e. The zero-order chi connectivity index (χ0) is 8.02. The molecule has 0 N–H and O–H groups in total. The second-order valence-corrected chi connectivity index (χ2v) is 3.63. The molecular weight excluding hydrogens is 144 g/mol. The Kier molecular flexibility index (Phi) is 0.984. The molecule has 0 nitrogen and oxygen atoms in total. The largest absolute Gasteiger partial charge is 0.0698 e. The van der Waals surface area contributed by atoms with Gasteiger partial charge in [0.2, 0.25) is 0 Å². The maximum atomic E-state index is 2.30. The molecule has 0 aromatic rings. The van der Waals surface area contributed by atoms with Gasteiger partial charge in [-0.05, 0) is 17.6 Å². The van der Waals surface area contributed by atoms with E-state index in [2.05, 4.69) is 48.6 Å². The van der Waals surface area contributed by atoms with Gasteiger partial charge in [-0.25, -0.2) is 0 Å².